The van der Waals surface area contributed by atoms with E-state index < -0.39 is 0 Å². The Morgan fingerprint density at radius 1 is 1.06 bits per heavy atom. The zero-order chi connectivity index (χ0) is 13.1. The lowest BCUT2D eigenvalue weighted by Crippen LogP contribution is -2.54. The van der Waals surface area contributed by atoms with Gasteiger partial charge in [-0.15, -0.1) is 0 Å². The highest BCUT2D eigenvalue weighted by Crippen LogP contribution is 2.27. The van der Waals surface area contributed by atoms with Crippen molar-refractivity contribution in [3.8, 4) is 0 Å². The molecule has 0 aromatic rings. The molecule has 1 unspecified atom stereocenters. The van der Waals surface area contributed by atoms with Crippen LogP contribution in [0.5, 0.6) is 0 Å². The van der Waals surface area contributed by atoms with Crippen LogP contribution >= 0.6 is 0 Å². The van der Waals surface area contributed by atoms with Crippen LogP contribution in [0.1, 0.15) is 72.1 Å². The molecule has 0 rings (SSSR count). The fraction of sp³-hybridized carbons (Fsp3) is 1.00. The molecule has 0 spiro atoms. The van der Waals surface area contributed by atoms with E-state index in [2.05, 4.69) is 26.2 Å². The number of rotatable bonds is 11. The lowest BCUT2D eigenvalue weighted by molar-refractivity contribution is -0.0500. The van der Waals surface area contributed by atoms with E-state index >= 15 is 0 Å². The number of hydrogen-bond donors (Lipinski definition) is 2. The number of nitrogens with two attached hydrogens (primary N) is 1. The molecule has 0 aliphatic heterocycles. The van der Waals surface area contributed by atoms with Crippen molar-refractivity contribution >= 4 is 0 Å². The molecule has 17 heavy (non-hydrogen) atoms. The van der Waals surface area contributed by atoms with E-state index in [0.717, 1.165) is 19.3 Å². The third kappa shape index (κ3) is 5.36. The predicted molar refractivity (Wildman–Crippen MR) is 74.8 cm³/mol. The van der Waals surface area contributed by atoms with Gasteiger partial charge in [0.05, 0.1) is 11.6 Å². The molecule has 0 saturated carbocycles. The van der Waals surface area contributed by atoms with E-state index in [1.165, 1.54) is 32.1 Å². The summed E-state index contributed by atoms with van der Waals surface area (Å²) in [4.78, 5) is 0. The number of nitrogens with one attached hydrogen (secondary N) is 1. The van der Waals surface area contributed by atoms with Gasteiger partial charge < -0.3 is 4.74 Å². The molecular weight excluding hydrogens is 212 g/mol. The number of hydrazine groups is 1. The smallest absolute Gasteiger partial charge is 0.0839 e. The molecule has 3 N–H and O–H groups in total. The summed E-state index contributed by atoms with van der Waals surface area (Å²) in [5, 5.41) is 0. The normalized spacial score (nSPS) is 13.9. The van der Waals surface area contributed by atoms with Crippen molar-refractivity contribution < 1.29 is 4.74 Å². The molecule has 0 aliphatic rings. The number of methoxy groups -OCH3 is 1. The number of hydrogen-bond acceptors (Lipinski definition) is 3. The lowest BCUT2D eigenvalue weighted by atomic mass is 9.85. The van der Waals surface area contributed by atoms with Gasteiger partial charge in [0, 0.05) is 7.11 Å². The molecule has 3 heteroatoms. The molecule has 0 fully saturated rings. The first-order valence-corrected chi connectivity index (χ1v) is 7.22. The summed E-state index contributed by atoms with van der Waals surface area (Å²) in [7, 11) is 1.80. The Bertz CT molecular complexity index is 161. The first-order valence-electron chi connectivity index (χ1n) is 7.22. The highest BCUT2D eigenvalue weighted by atomic mass is 16.5. The van der Waals surface area contributed by atoms with Crippen molar-refractivity contribution in [1.82, 2.24) is 5.43 Å². The molecule has 104 valence electrons. The standard InChI is InChI=1S/C14H32N2O/c1-5-8-9-10-11-12-13(16-15)14(6-2,7-3)17-4/h13,16H,5-12,15H2,1-4H3. The lowest BCUT2D eigenvalue weighted by Gasteiger charge is -2.38. The zero-order valence-electron chi connectivity index (χ0n) is 12.2. The average Bonchev–Trinajstić information content (AvgIpc) is 2.38. The van der Waals surface area contributed by atoms with E-state index in [9.17, 15) is 0 Å². The Balaban J connectivity index is 4.11. The second-order valence-corrected chi connectivity index (χ2v) is 4.90. The van der Waals surface area contributed by atoms with Crippen LogP contribution in [0.2, 0.25) is 0 Å². The Hall–Kier alpha value is -0.120. The number of ether oxygens (including phenoxy) is 1. The van der Waals surface area contributed by atoms with Gasteiger partial charge >= 0.3 is 0 Å². The molecule has 1 atom stereocenters. The van der Waals surface area contributed by atoms with Gasteiger partial charge in [0.25, 0.3) is 0 Å². The van der Waals surface area contributed by atoms with Gasteiger partial charge in [-0.1, -0.05) is 52.9 Å². The zero-order valence-corrected chi connectivity index (χ0v) is 12.2. The maximum atomic E-state index is 5.72. The van der Waals surface area contributed by atoms with E-state index in [4.69, 9.17) is 10.6 Å². The van der Waals surface area contributed by atoms with Crippen molar-refractivity contribution in [2.75, 3.05) is 7.11 Å². The SMILES string of the molecule is CCCCCCCC(NN)C(CC)(CC)OC. The van der Waals surface area contributed by atoms with E-state index in [0.29, 0.717) is 0 Å². The fourth-order valence-corrected chi connectivity index (χ4v) is 2.62. The highest BCUT2D eigenvalue weighted by molar-refractivity contribution is 4.90. The molecule has 0 amide bonds. The summed E-state index contributed by atoms with van der Waals surface area (Å²) in [6.07, 6.45) is 9.64. The first kappa shape index (κ1) is 16.9. The van der Waals surface area contributed by atoms with Crippen LogP contribution in [-0.2, 0) is 4.74 Å². The van der Waals surface area contributed by atoms with Crippen molar-refractivity contribution in [3.05, 3.63) is 0 Å². The maximum absolute atomic E-state index is 5.72. The van der Waals surface area contributed by atoms with Crippen molar-refractivity contribution in [2.45, 2.75) is 83.8 Å². The molecular formula is C14H32N2O. The third-order valence-electron chi connectivity index (χ3n) is 4.04. The Morgan fingerprint density at radius 3 is 2.06 bits per heavy atom. The Labute approximate surface area is 107 Å². The predicted octanol–water partition coefficient (Wildman–Crippen LogP) is 3.38. The summed E-state index contributed by atoms with van der Waals surface area (Å²) in [5.74, 6) is 5.70. The van der Waals surface area contributed by atoms with Crippen LogP contribution in [0.4, 0.5) is 0 Å². The van der Waals surface area contributed by atoms with Gasteiger partial charge in [-0.2, -0.15) is 0 Å². The van der Waals surface area contributed by atoms with E-state index in [1.807, 2.05) is 0 Å². The molecule has 0 aromatic carbocycles. The monoisotopic (exact) mass is 244 g/mol. The molecule has 0 bridgehead atoms. The van der Waals surface area contributed by atoms with Gasteiger partial charge in [-0.05, 0) is 19.3 Å². The minimum Gasteiger partial charge on any atom is -0.377 e. The van der Waals surface area contributed by atoms with Crippen LogP contribution in [-0.4, -0.2) is 18.8 Å². The topological polar surface area (TPSA) is 47.3 Å². The molecule has 3 nitrogen and oxygen atoms in total. The van der Waals surface area contributed by atoms with Gasteiger partial charge in [0.2, 0.25) is 0 Å². The van der Waals surface area contributed by atoms with Crippen molar-refractivity contribution in [1.29, 1.82) is 0 Å². The largest absolute Gasteiger partial charge is 0.377 e. The fourth-order valence-electron chi connectivity index (χ4n) is 2.62. The minimum atomic E-state index is -0.0977. The molecule has 0 heterocycles. The maximum Gasteiger partial charge on any atom is 0.0839 e. The summed E-state index contributed by atoms with van der Waals surface area (Å²) in [6, 6.07) is 0.268. The minimum absolute atomic E-state index is 0.0977. The van der Waals surface area contributed by atoms with E-state index in [1.54, 1.807) is 7.11 Å². The van der Waals surface area contributed by atoms with Gasteiger partial charge in [0.1, 0.15) is 0 Å². The summed E-state index contributed by atoms with van der Waals surface area (Å²) in [6.45, 7) is 6.59. The Morgan fingerprint density at radius 2 is 1.65 bits per heavy atom. The quantitative estimate of drug-likeness (QED) is 0.333. The van der Waals surface area contributed by atoms with Crippen molar-refractivity contribution in [2.24, 2.45) is 5.84 Å². The van der Waals surface area contributed by atoms with Gasteiger partial charge in [-0.25, -0.2) is 0 Å². The van der Waals surface area contributed by atoms with E-state index in [-0.39, 0.29) is 11.6 Å². The molecule has 0 radical (unpaired) electrons. The molecule has 0 saturated heterocycles. The van der Waals surface area contributed by atoms with Crippen LogP contribution in [0.3, 0.4) is 0 Å². The van der Waals surface area contributed by atoms with Crippen LogP contribution < -0.4 is 11.3 Å². The summed E-state index contributed by atoms with van der Waals surface area (Å²) >= 11 is 0. The van der Waals surface area contributed by atoms with Gasteiger partial charge in [0.15, 0.2) is 0 Å². The van der Waals surface area contributed by atoms with Crippen LogP contribution in [0.25, 0.3) is 0 Å². The molecule has 0 aromatic heterocycles. The van der Waals surface area contributed by atoms with Crippen LogP contribution in [0.15, 0.2) is 0 Å². The average molecular weight is 244 g/mol. The first-order chi connectivity index (χ1) is 8.20. The second-order valence-electron chi connectivity index (χ2n) is 4.90. The number of unbranched alkanes of at least 4 members (excludes halogenated alkanes) is 4. The highest BCUT2D eigenvalue weighted by Gasteiger charge is 2.34. The second kappa shape index (κ2) is 9.86. The van der Waals surface area contributed by atoms with Gasteiger partial charge in [-0.3, -0.25) is 11.3 Å². The van der Waals surface area contributed by atoms with Crippen molar-refractivity contribution in [3.63, 3.8) is 0 Å². The molecule has 0 aliphatic carbocycles. The summed E-state index contributed by atoms with van der Waals surface area (Å²) in [5.41, 5.74) is 2.86. The summed E-state index contributed by atoms with van der Waals surface area (Å²) < 4.78 is 5.72. The van der Waals surface area contributed by atoms with Crippen LogP contribution in [0, 0.1) is 0 Å². The third-order valence-corrected chi connectivity index (χ3v) is 4.04. The Kier molecular flexibility index (Phi) is 9.79.